The van der Waals surface area contributed by atoms with Crippen LogP contribution in [0, 0.1) is 17.0 Å². The highest BCUT2D eigenvalue weighted by Crippen LogP contribution is 2.38. The highest BCUT2D eigenvalue weighted by molar-refractivity contribution is 5.38. The molecule has 0 fully saturated rings. The molecular weight excluding hydrogens is 312 g/mol. The first kappa shape index (κ1) is 16.9. The number of hydrogen-bond donors (Lipinski definition) is 1. The molecule has 4 nitrogen and oxygen atoms in total. The molecule has 2 heterocycles. The van der Waals surface area contributed by atoms with E-state index in [-0.39, 0.29) is 11.2 Å². The molecule has 0 saturated heterocycles. The Morgan fingerprint density at radius 1 is 1.29 bits per heavy atom. The molecule has 1 unspecified atom stereocenters. The quantitative estimate of drug-likeness (QED) is 0.930. The number of nitrogens with zero attached hydrogens (tertiary/aromatic N) is 2. The molecule has 1 aliphatic heterocycles. The van der Waals surface area contributed by atoms with Gasteiger partial charge in [-0.15, -0.1) is 0 Å². The van der Waals surface area contributed by atoms with E-state index in [0.29, 0.717) is 5.56 Å². The van der Waals surface area contributed by atoms with E-state index in [2.05, 4.69) is 35.6 Å². The number of nitrogens with one attached hydrogen (secondary N) is 1. The summed E-state index contributed by atoms with van der Waals surface area (Å²) in [7, 11) is 1.33. The fourth-order valence-corrected chi connectivity index (χ4v) is 3.36. The van der Waals surface area contributed by atoms with Crippen LogP contribution in [0.25, 0.3) is 0 Å². The molecule has 0 spiro atoms. The topological polar surface area (TPSA) is 41.1 Å². The highest BCUT2D eigenvalue weighted by atomic mass is 19.2. The second-order valence-corrected chi connectivity index (χ2v) is 7.44. The lowest BCUT2D eigenvalue weighted by atomic mass is 9.90. The average Bonchev–Trinajstić information content (AvgIpc) is 2.97. The zero-order valence-corrected chi connectivity index (χ0v) is 14.5. The fraction of sp³-hybridized carbons (Fsp3) is 0.500. The van der Waals surface area contributed by atoms with Crippen molar-refractivity contribution in [3.05, 3.63) is 47.0 Å². The molecule has 1 aliphatic rings. The molecule has 0 radical (unpaired) electrons. The number of imidazole rings is 1. The van der Waals surface area contributed by atoms with Crippen molar-refractivity contribution >= 4 is 0 Å². The second-order valence-electron chi connectivity index (χ2n) is 7.44. The molecule has 0 saturated carbocycles. The van der Waals surface area contributed by atoms with E-state index >= 15 is 0 Å². The van der Waals surface area contributed by atoms with Gasteiger partial charge >= 0.3 is 0 Å². The van der Waals surface area contributed by atoms with Gasteiger partial charge < -0.3 is 9.72 Å². The number of fused-ring (bicyclic) bond motifs is 1. The molecule has 6 heteroatoms. The minimum absolute atomic E-state index is 0.0353. The Labute approximate surface area is 140 Å². The van der Waals surface area contributed by atoms with Crippen LogP contribution in [0.4, 0.5) is 8.78 Å². The summed E-state index contributed by atoms with van der Waals surface area (Å²) in [5, 5.41) is 0. The lowest BCUT2D eigenvalue weighted by Gasteiger charge is -2.39. The van der Waals surface area contributed by atoms with E-state index in [1.54, 1.807) is 12.4 Å². The molecule has 0 amide bonds. The summed E-state index contributed by atoms with van der Waals surface area (Å²) in [5.74, 6) is -1.90. The number of aromatic nitrogens is 2. The molecular formula is C18H23F2N3O. The van der Waals surface area contributed by atoms with Crippen molar-refractivity contribution in [2.45, 2.75) is 33.2 Å². The standard InChI is InChI=1S/C18H23F2N3O/c1-18(2,3)9-23-8-7-12-16(22-10-21-12)17(23)11-5-6-13(24-4)15(20)14(11)19/h5-6,10,17H,7-9H2,1-4H3,(H,21,22). The minimum atomic E-state index is -0.951. The Hall–Kier alpha value is -1.95. The SMILES string of the molecule is COc1ccc(C2c3nc[nH]c3CCN2CC(C)(C)C)c(F)c1F. The second kappa shape index (κ2) is 6.16. The normalized spacial score (nSPS) is 18.5. The minimum Gasteiger partial charge on any atom is -0.494 e. The summed E-state index contributed by atoms with van der Waals surface area (Å²) >= 11 is 0. The Morgan fingerprint density at radius 3 is 2.71 bits per heavy atom. The van der Waals surface area contributed by atoms with Crippen molar-refractivity contribution in [1.82, 2.24) is 14.9 Å². The van der Waals surface area contributed by atoms with Crippen LogP contribution in [0.2, 0.25) is 0 Å². The Balaban J connectivity index is 2.09. The molecule has 130 valence electrons. The first-order chi connectivity index (χ1) is 11.3. The number of hydrogen-bond acceptors (Lipinski definition) is 3. The zero-order chi connectivity index (χ0) is 17.5. The van der Waals surface area contributed by atoms with Gasteiger partial charge in [0.1, 0.15) is 0 Å². The molecule has 0 aliphatic carbocycles. The van der Waals surface area contributed by atoms with Gasteiger partial charge in [0.25, 0.3) is 0 Å². The van der Waals surface area contributed by atoms with Gasteiger partial charge in [-0.2, -0.15) is 4.39 Å². The number of aromatic amines is 1. The average molecular weight is 335 g/mol. The molecule has 1 aromatic heterocycles. The molecule has 2 aromatic rings. The molecule has 0 bridgehead atoms. The third-order valence-electron chi connectivity index (χ3n) is 4.29. The van der Waals surface area contributed by atoms with Crippen molar-refractivity contribution in [1.29, 1.82) is 0 Å². The van der Waals surface area contributed by atoms with Crippen LogP contribution in [0.15, 0.2) is 18.5 Å². The zero-order valence-electron chi connectivity index (χ0n) is 14.5. The molecule has 1 atom stereocenters. The van der Waals surface area contributed by atoms with Crippen molar-refractivity contribution in [2.75, 3.05) is 20.2 Å². The maximum atomic E-state index is 14.7. The molecule has 24 heavy (non-hydrogen) atoms. The van der Waals surface area contributed by atoms with Crippen LogP contribution in [0.3, 0.4) is 0 Å². The highest BCUT2D eigenvalue weighted by Gasteiger charge is 2.35. The number of rotatable bonds is 3. The third kappa shape index (κ3) is 3.02. The lowest BCUT2D eigenvalue weighted by molar-refractivity contribution is 0.143. The van der Waals surface area contributed by atoms with Gasteiger partial charge in [0, 0.05) is 30.8 Å². The lowest BCUT2D eigenvalue weighted by Crippen LogP contribution is -2.41. The van der Waals surface area contributed by atoms with Crippen molar-refractivity contribution < 1.29 is 13.5 Å². The monoisotopic (exact) mass is 335 g/mol. The predicted molar refractivity (Wildman–Crippen MR) is 88.1 cm³/mol. The Bertz CT molecular complexity index is 736. The van der Waals surface area contributed by atoms with Gasteiger partial charge in [-0.3, -0.25) is 4.90 Å². The number of benzene rings is 1. The van der Waals surface area contributed by atoms with Crippen LogP contribution in [0.1, 0.15) is 43.8 Å². The van der Waals surface area contributed by atoms with Gasteiger partial charge in [-0.05, 0) is 11.5 Å². The van der Waals surface area contributed by atoms with E-state index in [9.17, 15) is 8.78 Å². The van der Waals surface area contributed by atoms with Gasteiger partial charge in [-0.25, -0.2) is 9.37 Å². The van der Waals surface area contributed by atoms with E-state index in [1.807, 2.05) is 0 Å². The maximum absolute atomic E-state index is 14.7. The van der Waals surface area contributed by atoms with Gasteiger partial charge in [0.05, 0.1) is 25.2 Å². The van der Waals surface area contributed by atoms with E-state index < -0.39 is 17.7 Å². The van der Waals surface area contributed by atoms with Gasteiger partial charge in [0.2, 0.25) is 5.82 Å². The third-order valence-corrected chi connectivity index (χ3v) is 4.29. The van der Waals surface area contributed by atoms with Crippen LogP contribution < -0.4 is 4.74 Å². The first-order valence-electron chi connectivity index (χ1n) is 8.10. The summed E-state index contributed by atoms with van der Waals surface area (Å²) in [6.45, 7) is 7.93. The van der Waals surface area contributed by atoms with E-state index in [0.717, 1.165) is 30.9 Å². The number of halogens is 2. The van der Waals surface area contributed by atoms with E-state index in [4.69, 9.17) is 4.74 Å². The smallest absolute Gasteiger partial charge is 0.200 e. The Morgan fingerprint density at radius 2 is 2.04 bits per heavy atom. The number of ether oxygens (including phenoxy) is 1. The van der Waals surface area contributed by atoms with Gasteiger partial charge in [-0.1, -0.05) is 26.8 Å². The van der Waals surface area contributed by atoms with Crippen molar-refractivity contribution in [3.8, 4) is 5.75 Å². The maximum Gasteiger partial charge on any atom is 0.200 e. The van der Waals surface area contributed by atoms with E-state index in [1.165, 1.54) is 13.2 Å². The van der Waals surface area contributed by atoms with Crippen LogP contribution in [-0.4, -0.2) is 35.1 Å². The summed E-state index contributed by atoms with van der Waals surface area (Å²) < 4.78 is 33.8. The molecule has 1 N–H and O–H groups in total. The van der Waals surface area contributed by atoms with Crippen LogP contribution >= 0.6 is 0 Å². The van der Waals surface area contributed by atoms with Crippen LogP contribution in [0.5, 0.6) is 5.75 Å². The summed E-state index contributed by atoms with van der Waals surface area (Å²) in [6.07, 6.45) is 2.44. The van der Waals surface area contributed by atoms with Crippen molar-refractivity contribution in [3.63, 3.8) is 0 Å². The summed E-state index contributed by atoms with van der Waals surface area (Å²) in [5.41, 5.74) is 2.09. The predicted octanol–water partition coefficient (Wildman–Crippen LogP) is 3.69. The largest absolute Gasteiger partial charge is 0.494 e. The Kier molecular flexibility index (Phi) is 4.34. The van der Waals surface area contributed by atoms with Gasteiger partial charge in [0.15, 0.2) is 11.6 Å². The fourth-order valence-electron chi connectivity index (χ4n) is 3.36. The number of methoxy groups -OCH3 is 1. The summed E-state index contributed by atoms with van der Waals surface area (Å²) in [4.78, 5) is 9.68. The van der Waals surface area contributed by atoms with Crippen LogP contribution in [-0.2, 0) is 6.42 Å². The number of H-pyrrole nitrogens is 1. The first-order valence-corrected chi connectivity index (χ1v) is 8.10. The summed E-state index contributed by atoms with van der Waals surface area (Å²) in [6, 6.07) is 2.67. The molecule has 3 rings (SSSR count). The van der Waals surface area contributed by atoms with Crippen molar-refractivity contribution in [2.24, 2.45) is 5.41 Å². The molecule has 1 aromatic carbocycles.